The van der Waals surface area contributed by atoms with Crippen molar-refractivity contribution < 1.29 is 14.6 Å². The van der Waals surface area contributed by atoms with Gasteiger partial charge >= 0.3 is 5.97 Å². The van der Waals surface area contributed by atoms with Crippen LogP contribution in [0.5, 0.6) is 0 Å². The zero-order chi connectivity index (χ0) is 10.8. The van der Waals surface area contributed by atoms with Crippen LogP contribution in [0.25, 0.3) is 0 Å². The quantitative estimate of drug-likeness (QED) is 0.605. The zero-order valence-electron chi connectivity index (χ0n) is 8.53. The second-order valence-corrected chi connectivity index (χ2v) is 3.26. The fourth-order valence-electron chi connectivity index (χ4n) is 0.998. The number of rotatable bonds is 8. The highest BCUT2D eigenvalue weighted by atomic mass is 16.5. The molecule has 4 nitrogen and oxygen atoms in total. The Balaban J connectivity index is 3.14. The fraction of sp³-hybridized carbons (Fsp3) is 0.800. The first-order valence-corrected chi connectivity index (χ1v) is 4.86. The minimum absolute atomic E-state index is 0.269. The van der Waals surface area contributed by atoms with Gasteiger partial charge in [0.25, 0.3) is 0 Å². The summed E-state index contributed by atoms with van der Waals surface area (Å²) in [5.74, 6) is -1.01. The highest BCUT2D eigenvalue weighted by Crippen LogP contribution is 2.07. The van der Waals surface area contributed by atoms with E-state index in [9.17, 15) is 4.79 Å². The van der Waals surface area contributed by atoms with Crippen molar-refractivity contribution in [3.63, 3.8) is 0 Å². The largest absolute Gasteiger partial charge is 0.481 e. The van der Waals surface area contributed by atoms with E-state index < -0.39 is 5.97 Å². The Bertz CT molecular complexity index is 198. The standard InChI is InChI=1S/C10H17NO3/c1-9(10(12)13)5-2-3-7-14-8-4-6-11/h9H,2-5,7-8H2,1H3,(H,12,13). The average molecular weight is 199 g/mol. The van der Waals surface area contributed by atoms with Gasteiger partial charge in [0.2, 0.25) is 0 Å². The smallest absolute Gasteiger partial charge is 0.306 e. The minimum atomic E-state index is -0.740. The molecule has 0 fully saturated rings. The summed E-state index contributed by atoms with van der Waals surface area (Å²) in [6, 6.07) is 1.99. The first-order chi connectivity index (χ1) is 6.68. The molecule has 0 radical (unpaired) electrons. The lowest BCUT2D eigenvalue weighted by Gasteiger charge is -2.05. The Morgan fingerprint density at radius 3 is 2.79 bits per heavy atom. The zero-order valence-corrected chi connectivity index (χ0v) is 8.53. The summed E-state index contributed by atoms with van der Waals surface area (Å²) in [5, 5.41) is 16.8. The topological polar surface area (TPSA) is 70.3 Å². The highest BCUT2D eigenvalue weighted by molar-refractivity contribution is 5.69. The van der Waals surface area contributed by atoms with Crippen LogP contribution < -0.4 is 0 Å². The van der Waals surface area contributed by atoms with Crippen molar-refractivity contribution in [3.05, 3.63) is 0 Å². The molecule has 0 aromatic carbocycles. The highest BCUT2D eigenvalue weighted by Gasteiger charge is 2.09. The molecule has 0 aliphatic rings. The lowest BCUT2D eigenvalue weighted by molar-refractivity contribution is -0.141. The van der Waals surface area contributed by atoms with E-state index in [-0.39, 0.29) is 5.92 Å². The van der Waals surface area contributed by atoms with Crippen molar-refractivity contribution in [1.82, 2.24) is 0 Å². The van der Waals surface area contributed by atoms with Crippen LogP contribution in [0.3, 0.4) is 0 Å². The monoisotopic (exact) mass is 199 g/mol. The van der Waals surface area contributed by atoms with Gasteiger partial charge in [0.1, 0.15) is 0 Å². The van der Waals surface area contributed by atoms with Crippen molar-refractivity contribution in [2.24, 2.45) is 5.92 Å². The molecule has 0 aliphatic carbocycles. The van der Waals surface area contributed by atoms with E-state index in [0.29, 0.717) is 26.1 Å². The molecule has 4 heteroatoms. The Kier molecular flexibility index (Phi) is 7.86. The summed E-state index contributed by atoms with van der Waals surface area (Å²) >= 11 is 0. The van der Waals surface area contributed by atoms with Crippen molar-refractivity contribution in [2.45, 2.75) is 32.6 Å². The average Bonchev–Trinajstić information content (AvgIpc) is 2.16. The van der Waals surface area contributed by atoms with Crippen molar-refractivity contribution in [3.8, 4) is 6.07 Å². The van der Waals surface area contributed by atoms with E-state index in [2.05, 4.69) is 0 Å². The second-order valence-electron chi connectivity index (χ2n) is 3.26. The van der Waals surface area contributed by atoms with Gasteiger partial charge < -0.3 is 9.84 Å². The molecule has 80 valence electrons. The van der Waals surface area contributed by atoms with E-state index in [1.807, 2.05) is 6.07 Å². The number of aliphatic carboxylic acids is 1. The fourth-order valence-corrected chi connectivity index (χ4v) is 0.998. The van der Waals surface area contributed by atoms with E-state index in [4.69, 9.17) is 15.1 Å². The molecule has 0 amide bonds. The number of carbonyl (C=O) groups is 1. The maximum Gasteiger partial charge on any atom is 0.306 e. The number of carboxylic acids is 1. The molecule has 0 rings (SSSR count). The molecule has 1 unspecified atom stereocenters. The van der Waals surface area contributed by atoms with Crippen LogP contribution in [0.4, 0.5) is 0 Å². The van der Waals surface area contributed by atoms with E-state index >= 15 is 0 Å². The number of unbranched alkanes of at least 4 members (excludes halogenated alkanes) is 1. The lowest BCUT2D eigenvalue weighted by atomic mass is 10.1. The van der Waals surface area contributed by atoms with Crippen molar-refractivity contribution in [2.75, 3.05) is 13.2 Å². The van der Waals surface area contributed by atoms with Gasteiger partial charge in [-0.25, -0.2) is 0 Å². The first kappa shape index (κ1) is 12.9. The van der Waals surface area contributed by atoms with E-state index in [1.165, 1.54) is 0 Å². The third-order valence-corrected chi connectivity index (χ3v) is 1.96. The van der Waals surface area contributed by atoms with Crippen LogP contribution in [-0.4, -0.2) is 24.3 Å². The predicted molar refractivity (Wildman–Crippen MR) is 51.7 cm³/mol. The van der Waals surface area contributed by atoms with Crippen molar-refractivity contribution in [1.29, 1.82) is 5.26 Å². The van der Waals surface area contributed by atoms with Crippen LogP contribution in [0.1, 0.15) is 32.6 Å². The molecule has 14 heavy (non-hydrogen) atoms. The number of hydrogen-bond acceptors (Lipinski definition) is 3. The second kappa shape index (κ2) is 8.52. The lowest BCUT2D eigenvalue weighted by Crippen LogP contribution is -2.09. The minimum Gasteiger partial charge on any atom is -0.481 e. The SMILES string of the molecule is CC(CCCCOCCC#N)C(=O)O. The van der Waals surface area contributed by atoms with Crippen LogP contribution in [0.2, 0.25) is 0 Å². The molecule has 0 spiro atoms. The van der Waals surface area contributed by atoms with E-state index in [1.54, 1.807) is 6.92 Å². The molecule has 0 aromatic rings. The molecule has 0 heterocycles. The van der Waals surface area contributed by atoms with E-state index in [0.717, 1.165) is 12.8 Å². The van der Waals surface area contributed by atoms with Crippen LogP contribution in [-0.2, 0) is 9.53 Å². The van der Waals surface area contributed by atoms with Gasteiger partial charge in [0.15, 0.2) is 0 Å². The third-order valence-electron chi connectivity index (χ3n) is 1.96. The third kappa shape index (κ3) is 7.56. The van der Waals surface area contributed by atoms with Gasteiger partial charge in [-0.05, 0) is 12.8 Å². The predicted octanol–water partition coefficient (Wildman–Crippen LogP) is 1.81. The van der Waals surface area contributed by atoms with Gasteiger partial charge in [0.05, 0.1) is 25.0 Å². The number of ether oxygens (including phenoxy) is 1. The van der Waals surface area contributed by atoms with Gasteiger partial charge in [-0.3, -0.25) is 4.79 Å². The van der Waals surface area contributed by atoms with Gasteiger partial charge in [-0.1, -0.05) is 13.3 Å². The molecular formula is C10H17NO3. The summed E-state index contributed by atoms with van der Waals surface area (Å²) in [6.07, 6.45) is 2.84. The summed E-state index contributed by atoms with van der Waals surface area (Å²) in [4.78, 5) is 10.4. The Morgan fingerprint density at radius 1 is 1.50 bits per heavy atom. The molecule has 0 saturated carbocycles. The summed E-state index contributed by atoms with van der Waals surface area (Å²) < 4.78 is 5.15. The molecule has 1 N–H and O–H groups in total. The number of nitrogens with zero attached hydrogens (tertiary/aromatic N) is 1. The Hall–Kier alpha value is -1.08. The molecule has 1 atom stereocenters. The van der Waals surface area contributed by atoms with Crippen LogP contribution in [0, 0.1) is 17.2 Å². The van der Waals surface area contributed by atoms with Crippen LogP contribution in [0.15, 0.2) is 0 Å². The first-order valence-electron chi connectivity index (χ1n) is 4.86. The Morgan fingerprint density at radius 2 is 2.21 bits per heavy atom. The number of nitriles is 1. The summed E-state index contributed by atoms with van der Waals surface area (Å²) in [5.41, 5.74) is 0. The molecule has 0 saturated heterocycles. The number of carboxylic acid groups (broad SMARTS) is 1. The van der Waals surface area contributed by atoms with Gasteiger partial charge in [-0.2, -0.15) is 5.26 Å². The van der Waals surface area contributed by atoms with Gasteiger partial charge in [-0.15, -0.1) is 0 Å². The molecule has 0 aromatic heterocycles. The maximum absolute atomic E-state index is 10.4. The maximum atomic E-state index is 10.4. The number of hydrogen-bond donors (Lipinski definition) is 1. The molecular weight excluding hydrogens is 182 g/mol. The Labute approximate surface area is 84.5 Å². The molecule has 0 aliphatic heterocycles. The summed E-state index contributed by atoms with van der Waals surface area (Å²) in [6.45, 7) is 2.80. The van der Waals surface area contributed by atoms with Crippen molar-refractivity contribution >= 4 is 5.97 Å². The normalized spacial score (nSPS) is 12.0. The van der Waals surface area contributed by atoms with Crippen LogP contribution >= 0.6 is 0 Å². The summed E-state index contributed by atoms with van der Waals surface area (Å²) in [7, 11) is 0. The van der Waals surface area contributed by atoms with Gasteiger partial charge in [0, 0.05) is 6.61 Å². The molecule has 0 bridgehead atoms.